The van der Waals surface area contributed by atoms with Gasteiger partial charge in [0.25, 0.3) is 0 Å². The standard InChI is InChI=1S/C16H18BrClN2/c1-10(2)11-3-5-12(6-4-11)16(20-19)13-7-8-14(17)15(18)9-13/h3-10,16,20H,19H2,1-2H3. The summed E-state index contributed by atoms with van der Waals surface area (Å²) < 4.78 is 0.883. The Hall–Kier alpha value is -0.870. The lowest BCUT2D eigenvalue weighted by molar-refractivity contribution is 0.636. The summed E-state index contributed by atoms with van der Waals surface area (Å²) in [4.78, 5) is 0. The van der Waals surface area contributed by atoms with E-state index in [-0.39, 0.29) is 6.04 Å². The third-order valence-corrected chi connectivity index (χ3v) is 4.61. The van der Waals surface area contributed by atoms with Crippen molar-refractivity contribution in [2.45, 2.75) is 25.8 Å². The topological polar surface area (TPSA) is 38.0 Å². The van der Waals surface area contributed by atoms with Crippen LogP contribution < -0.4 is 11.3 Å². The van der Waals surface area contributed by atoms with Crippen LogP contribution in [0.5, 0.6) is 0 Å². The average molecular weight is 354 g/mol. The summed E-state index contributed by atoms with van der Waals surface area (Å²) in [6.45, 7) is 4.37. The molecule has 106 valence electrons. The Balaban J connectivity index is 2.33. The zero-order valence-corrected chi connectivity index (χ0v) is 13.9. The van der Waals surface area contributed by atoms with Crippen LogP contribution in [0.1, 0.15) is 42.5 Å². The van der Waals surface area contributed by atoms with Gasteiger partial charge in [0.05, 0.1) is 11.1 Å². The van der Waals surface area contributed by atoms with E-state index in [1.165, 1.54) is 5.56 Å². The molecule has 0 bridgehead atoms. The first-order valence-corrected chi connectivity index (χ1v) is 7.71. The summed E-state index contributed by atoms with van der Waals surface area (Å²) in [6, 6.07) is 14.3. The number of hydrazine groups is 1. The number of nitrogens with one attached hydrogen (secondary N) is 1. The van der Waals surface area contributed by atoms with Crippen molar-refractivity contribution in [3.63, 3.8) is 0 Å². The number of hydrogen-bond donors (Lipinski definition) is 2. The van der Waals surface area contributed by atoms with E-state index in [4.69, 9.17) is 17.4 Å². The summed E-state index contributed by atoms with van der Waals surface area (Å²) in [5.41, 5.74) is 6.33. The van der Waals surface area contributed by atoms with Crippen LogP contribution in [-0.2, 0) is 0 Å². The van der Waals surface area contributed by atoms with E-state index >= 15 is 0 Å². The van der Waals surface area contributed by atoms with Crippen molar-refractivity contribution in [2.75, 3.05) is 0 Å². The molecule has 2 aromatic carbocycles. The van der Waals surface area contributed by atoms with Crippen LogP contribution in [0.15, 0.2) is 46.9 Å². The van der Waals surface area contributed by atoms with Crippen molar-refractivity contribution in [2.24, 2.45) is 5.84 Å². The molecule has 0 saturated heterocycles. The SMILES string of the molecule is CC(C)c1ccc(C(NN)c2ccc(Br)c(Cl)c2)cc1. The minimum Gasteiger partial charge on any atom is -0.271 e. The van der Waals surface area contributed by atoms with Gasteiger partial charge >= 0.3 is 0 Å². The quantitative estimate of drug-likeness (QED) is 0.613. The highest BCUT2D eigenvalue weighted by Gasteiger charge is 2.14. The van der Waals surface area contributed by atoms with Crippen molar-refractivity contribution >= 4 is 27.5 Å². The highest BCUT2D eigenvalue weighted by atomic mass is 79.9. The molecule has 0 heterocycles. The second-order valence-electron chi connectivity index (χ2n) is 5.09. The van der Waals surface area contributed by atoms with Gasteiger partial charge in [-0.3, -0.25) is 5.84 Å². The summed E-state index contributed by atoms with van der Waals surface area (Å²) in [5.74, 6) is 6.24. The first-order chi connectivity index (χ1) is 9.52. The number of hydrogen-bond acceptors (Lipinski definition) is 2. The van der Waals surface area contributed by atoms with E-state index in [9.17, 15) is 0 Å². The normalized spacial score (nSPS) is 12.7. The molecule has 1 unspecified atom stereocenters. The number of halogens is 2. The molecule has 0 amide bonds. The Kier molecular flexibility index (Phi) is 5.22. The zero-order valence-electron chi connectivity index (χ0n) is 11.5. The van der Waals surface area contributed by atoms with Crippen LogP contribution in [0.3, 0.4) is 0 Å². The van der Waals surface area contributed by atoms with E-state index in [0.29, 0.717) is 10.9 Å². The molecule has 0 spiro atoms. The molecule has 0 radical (unpaired) electrons. The number of nitrogens with two attached hydrogens (primary N) is 1. The first-order valence-electron chi connectivity index (χ1n) is 6.54. The van der Waals surface area contributed by atoms with E-state index < -0.39 is 0 Å². The predicted molar refractivity (Wildman–Crippen MR) is 88.8 cm³/mol. The first kappa shape index (κ1) is 15.5. The van der Waals surface area contributed by atoms with Gasteiger partial charge in [-0.1, -0.05) is 55.8 Å². The molecular formula is C16H18BrClN2. The monoisotopic (exact) mass is 352 g/mol. The van der Waals surface area contributed by atoms with E-state index in [1.807, 2.05) is 18.2 Å². The van der Waals surface area contributed by atoms with Gasteiger partial charge in [-0.2, -0.15) is 0 Å². The van der Waals surface area contributed by atoms with Gasteiger partial charge in [0.1, 0.15) is 0 Å². The molecule has 3 N–H and O–H groups in total. The molecule has 2 nitrogen and oxygen atoms in total. The largest absolute Gasteiger partial charge is 0.271 e. The van der Waals surface area contributed by atoms with Gasteiger partial charge in [-0.05, 0) is 50.7 Å². The lowest BCUT2D eigenvalue weighted by atomic mass is 9.96. The maximum atomic E-state index is 6.15. The number of benzene rings is 2. The van der Waals surface area contributed by atoms with Crippen molar-refractivity contribution < 1.29 is 0 Å². The molecule has 0 aliphatic rings. The van der Waals surface area contributed by atoms with Gasteiger partial charge in [-0.15, -0.1) is 0 Å². The fourth-order valence-electron chi connectivity index (χ4n) is 2.15. The van der Waals surface area contributed by atoms with Crippen LogP contribution in [0.4, 0.5) is 0 Å². The molecule has 0 fully saturated rings. The molecule has 2 rings (SSSR count). The summed E-state index contributed by atoms with van der Waals surface area (Å²) in [7, 11) is 0. The smallest absolute Gasteiger partial charge is 0.0710 e. The lowest BCUT2D eigenvalue weighted by Gasteiger charge is -2.18. The maximum absolute atomic E-state index is 6.15. The van der Waals surface area contributed by atoms with Gasteiger partial charge < -0.3 is 0 Å². The van der Waals surface area contributed by atoms with Crippen LogP contribution in [0.2, 0.25) is 5.02 Å². The minimum atomic E-state index is -0.0678. The molecule has 0 saturated carbocycles. The lowest BCUT2D eigenvalue weighted by Crippen LogP contribution is -2.28. The highest BCUT2D eigenvalue weighted by molar-refractivity contribution is 9.10. The van der Waals surface area contributed by atoms with Crippen molar-refractivity contribution in [1.29, 1.82) is 0 Å². The summed E-state index contributed by atoms with van der Waals surface area (Å²) >= 11 is 9.55. The Morgan fingerprint density at radius 2 is 1.55 bits per heavy atom. The third kappa shape index (κ3) is 3.41. The second-order valence-corrected chi connectivity index (χ2v) is 6.36. The van der Waals surface area contributed by atoms with Gasteiger partial charge in [0.15, 0.2) is 0 Å². The molecule has 1 atom stereocenters. The van der Waals surface area contributed by atoms with Gasteiger partial charge in [0, 0.05) is 4.47 Å². The molecule has 20 heavy (non-hydrogen) atoms. The molecule has 4 heteroatoms. The van der Waals surface area contributed by atoms with E-state index in [2.05, 4.69) is 59.5 Å². The van der Waals surface area contributed by atoms with Gasteiger partial charge in [0.2, 0.25) is 0 Å². The van der Waals surface area contributed by atoms with Crippen molar-refractivity contribution in [3.05, 3.63) is 68.7 Å². The molecular weight excluding hydrogens is 336 g/mol. The van der Waals surface area contributed by atoms with Crippen LogP contribution in [0, 0.1) is 0 Å². The summed E-state index contributed by atoms with van der Waals surface area (Å²) in [6.07, 6.45) is 0. The summed E-state index contributed by atoms with van der Waals surface area (Å²) in [5, 5.41) is 0.682. The van der Waals surface area contributed by atoms with E-state index in [0.717, 1.165) is 15.6 Å². The van der Waals surface area contributed by atoms with Crippen LogP contribution in [-0.4, -0.2) is 0 Å². The minimum absolute atomic E-state index is 0.0678. The number of rotatable bonds is 4. The maximum Gasteiger partial charge on any atom is 0.0710 e. The van der Waals surface area contributed by atoms with Gasteiger partial charge in [-0.25, -0.2) is 5.43 Å². The fourth-order valence-corrected chi connectivity index (χ4v) is 2.59. The Bertz CT molecular complexity index is 582. The molecule has 0 aliphatic heterocycles. The van der Waals surface area contributed by atoms with Crippen LogP contribution in [0.25, 0.3) is 0 Å². The molecule has 2 aromatic rings. The molecule has 0 aromatic heterocycles. The molecule has 0 aliphatic carbocycles. The van der Waals surface area contributed by atoms with E-state index in [1.54, 1.807) is 0 Å². The zero-order chi connectivity index (χ0) is 14.7. The van der Waals surface area contributed by atoms with Crippen LogP contribution >= 0.6 is 27.5 Å². The third-order valence-electron chi connectivity index (χ3n) is 3.38. The second kappa shape index (κ2) is 6.72. The predicted octanol–water partition coefficient (Wildman–Crippen LogP) is 4.78. The van der Waals surface area contributed by atoms with Crippen molar-refractivity contribution in [3.8, 4) is 0 Å². The highest BCUT2D eigenvalue weighted by Crippen LogP contribution is 2.29. The Morgan fingerprint density at radius 1 is 1.00 bits per heavy atom. The van der Waals surface area contributed by atoms with Crippen molar-refractivity contribution in [1.82, 2.24) is 5.43 Å². The Labute approximate surface area is 133 Å². The fraction of sp³-hybridized carbons (Fsp3) is 0.250. The Morgan fingerprint density at radius 3 is 2.05 bits per heavy atom. The average Bonchev–Trinajstić information content (AvgIpc) is 2.44.